The highest BCUT2D eigenvalue weighted by Gasteiger charge is 2.26. The number of nitrogens with two attached hydrogens (primary N) is 1. The Labute approximate surface area is 117 Å². The summed E-state index contributed by atoms with van der Waals surface area (Å²) in [6.07, 6.45) is 0.995. The summed E-state index contributed by atoms with van der Waals surface area (Å²) in [5, 5.41) is 7.74. The Morgan fingerprint density at radius 1 is 1.55 bits per heavy atom. The van der Waals surface area contributed by atoms with Crippen molar-refractivity contribution in [3.05, 3.63) is 17.6 Å². The fourth-order valence-electron chi connectivity index (χ4n) is 2.21. The second-order valence-corrected chi connectivity index (χ2v) is 6.44. The molecule has 2 unspecified atom stereocenters. The molecule has 112 valence electrons. The molecule has 1 aliphatic heterocycles. The Bertz CT molecular complexity index is 607. The van der Waals surface area contributed by atoms with Crippen molar-refractivity contribution in [2.45, 2.75) is 31.3 Å². The Kier molecular flexibility index (Phi) is 4.17. The third-order valence-corrected chi connectivity index (χ3v) is 4.48. The minimum absolute atomic E-state index is 0.0573. The molecule has 2 rings (SSSR count). The molecule has 7 nitrogen and oxygen atoms in total. The first-order valence-electron chi connectivity index (χ1n) is 6.32. The predicted molar refractivity (Wildman–Crippen MR) is 70.7 cm³/mol. The van der Waals surface area contributed by atoms with Crippen molar-refractivity contribution < 1.29 is 22.4 Å². The van der Waals surface area contributed by atoms with E-state index in [-0.39, 0.29) is 28.4 Å². The number of rotatable bonds is 4. The van der Waals surface area contributed by atoms with E-state index >= 15 is 0 Å². The van der Waals surface area contributed by atoms with Crippen molar-refractivity contribution in [3.8, 4) is 0 Å². The van der Waals surface area contributed by atoms with Crippen molar-refractivity contribution in [1.82, 2.24) is 5.32 Å². The normalized spacial score (nSPS) is 22.9. The maximum atomic E-state index is 11.9. The van der Waals surface area contributed by atoms with Gasteiger partial charge in [0.2, 0.25) is 10.0 Å². The summed E-state index contributed by atoms with van der Waals surface area (Å²) >= 11 is 0. The van der Waals surface area contributed by atoms with Crippen LogP contribution in [0, 0.1) is 12.8 Å². The fraction of sp³-hybridized carbons (Fsp3) is 0.583. The average molecular weight is 302 g/mol. The fourth-order valence-corrected chi connectivity index (χ4v) is 2.93. The minimum atomic E-state index is -3.88. The number of carbonyl (C=O) groups is 1. The van der Waals surface area contributed by atoms with Gasteiger partial charge < -0.3 is 14.5 Å². The predicted octanol–water partition coefficient (Wildman–Crippen LogP) is 0.390. The molecule has 1 aromatic heterocycles. The number of ether oxygens (including phenoxy) is 1. The molecule has 1 saturated heterocycles. The lowest BCUT2D eigenvalue weighted by molar-refractivity contribution is 0.0883. The zero-order valence-corrected chi connectivity index (χ0v) is 12.2. The number of furan rings is 1. The Morgan fingerprint density at radius 3 is 2.75 bits per heavy atom. The molecule has 0 saturated carbocycles. The topological polar surface area (TPSA) is 112 Å². The standard InChI is InChI=1S/C12H18N2O5S/c1-7-9(3-4-18-7)6-14-12(15)10-5-11(8(2)19-10)20(13,16)17/h5,7,9H,3-4,6H2,1-2H3,(H,14,15)(H2,13,16,17). The van der Waals surface area contributed by atoms with Crippen molar-refractivity contribution in [2.24, 2.45) is 11.1 Å². The summed E-state index contributed by atoms with van der Waals surface area (Å²) < 4.78 is 33.1. The highest BCUT2D eigenvalue weighted by molar-refractivity contribution is 7.89. The summed E-state index contributed by atoms with van der Waals surface area (Å²) in [7, 11) is -3.88. The van der Waals surface area contributed by atoms with Crippen molar-refractivity contribution >= 4 is 15.9 Å². The van der Waals surface area contributed by atoms with E-state index in [2.05, 4.69) is 5.32 Å². The van der Waals surface area contributed by atoms with Gasteiger partial charge in [-0.05, 0) is 20.3 Å². The molecule has 0 aliphatic carbocycles. The molecular formula is C12H18N2O5S. The van der Waals surface area contributed by atoms with Gasteiger partial charge in [0.1, 0.15) is 10.7 Å². The minimum Gasteiger partial charge on any atom is -0.455 e. The summed E-state index contributed by atoms with van der Waals surface area (Å²) in [6.45, 7) is 4.56. The summed E-state index contributed by atoms with van der Waals surface area (Å²) in [5.41, 5.74) is 0. The second-order valence-electron chi connectivity index (χ2n) is 4.91. The number of hydrogen-bond donors (Lipinski definition) is 2. The van der Waals surface area contributed by atoms with E-state index in [1.165, 1.54) is 6.92 Å². The first-order valence-corrected chi connectivity index (χ1v) is 7.86. The second kappa shape index (κ2) is 5.55. The van der Waals surface area contributed by atoms with E-state index < -0.39 is 15.9 Å². The SMILES string of the molecule is Cc1oc(C(=O)NCC2CCOC2C)cc1S(N)(=O)=O. The zero-order valence-electron chi connectivity index (χ0n) is 11.4. The van der Waals surface area contributed by atoms with Crippen LogP contribution in [0.5, 0.6) is 0 Å². The van der Waals surface area contributed by atoms with E-state index in [1.807, 2.05) is 6.92 Å². The molecule has 2 heterocycles. The zero-order chi connectivity index (χ0) is 14.9. The first kappa shape index (κ1) is 15.0. The maximum absolute atomic E-state index is 11.9. The highest BCUT2D eigenvalue weighted by Crippen LogP contribution is 2.21. The van der Waals surface area contributed by atoms with Crippen LogP contribution in [0.4, 0.5) is 0 Å². The molecule has 0 bridgehead atoms. The first-order chi connectivity index (χ1) is 9.29. The summed E-state index contributed by atoms with van der Waals surface area (Å²) in [4.78, 5) is 11.8. The smallest absolute Gasteiger partial charge is 0.287 e. The lowest BCUT2D eigenvalue weighted by Crippen LogP contribution is -2.31. The highest BCUT2D eigenvalue weighted by atomic mass is 32.2. The van der Waals surface area contributed by atoms with Crippen LogP contribution in [0.25, 0.3) is 0 Å². The number of amides is 1. The van der Waals surface area contributed by atoms with Crippen molar-refractivity contribution in [2.75, 3.05) is 13.2 Å². The monoisotopic (exact) mass is 302 g/mol. The molecule has 20 heavy (non-hydrogen) atoms. The molecule has 1 amide bonds. The van der Waals surface area contributed by atoms with Crippen LogP contribution in [0.1, 0.15) is 29.7 Å². The van der Waals surface area contributed by atoms with E-state index in [9.17, 15) is 13.2 Å². The molecule has 3 N–H and O–H groups in total. The lowest BCUT2D eigenvalue weighted by atomic mass is 10.0. The molecule has 1 aliphatic rings. The van der Waals surface area contributed by atoms with Crippen LogP contribution in [0.2, 0.25) is 0 Å². The van der Waals surface area contributed by atoms with Crippen LogP contribution in [0.15, 0.2) is 15.4 Å². The largest absolute Gasteiger partial charge is 0.455 e. The van der Waals surface area contributed by atoms with E-state index in [4.69, 9.17) is 14.3 Å². The lowest BCUT2D eigenvalue weighted by Gasteiger charge is -2.13. The Morgan fingerprint density at radius 2 is 2.25 bits per heavy atom. The summed E-state index contributed by atoms with van der Waals surface area (Å²) in [5.74, 6) is -0.150. The van der Waals surface area contributed by atoms with Crippen LogP contribution < -0.4 is 10.5 Å². The Hall–Kier alpha value is -1.38. The number of primary sulfonamides is 1. The van der Waals surface area contributed by atoms with Crippen molar-refractivity contribution in [1.29, 1.82) is 0 Å². The molecule has 0 aromatic carbocycles. The molecule has 1 fully saturated rings. The van der Waals surface area contributed by atoms with Crippen molar-refractivity contribution in [3.63, 3.8) is 0 Å². The van der Waals surface area contributed by atoms with Gasteiger partial charge in [-0.1, -0.05) is 0 Å². The number of sulfonamides is 1. The maximum Gasteiger partial charge on any atom is 0.287 e. The molecule has 2 atom stereocenters. The van der Waals surface area contributed by atoms with Gasteiger partial charge in [-0.15, -0.1) is 0 Å². The van der Waals surface area contributed by atoms with E-state index in [0.29, 0.717) is 13.2 Å². The van der Waals surface area contributed by atoms with Crippen LogP contribution in [0.3, 0.4) is 0 Å². The van der Waals surface area contributed by atoms with Gasteiger partial charge in [-0.3, -0.25) is 4.79 Å². The van der Waals surface area contributed by atoms with Gasteiger partial charge in [0.05, 0.1) is 6.10 Å². The number of carbonyl (C=O) groups excluding carboxylic acids is 1. The van der Waals surface area contributed by atoms with E-state index in [0.717, 1.165) is 12.5 Å². The van der Waals surface area contributed by atoms with Gasteiger partial charge in [-0.25, -0.2) is 13.6 Å². The Balaban J connectivity index is 2.03. The third-order valence-electron chi connectivity index (χ3n) is 3.46. The molecule has 1 aromatic rings. The quantitative estimate of drug-likeness (QED) is 0.835. The van der Waals surface area contributed by atoms with E-state index in [1.54, 1.807) is 0 Å². The number of nitrogens with one attached hydrogen (secondary N) is 1. The molecular weight excluding hydrogens is 284 g/mol. The molecule has 0 spiro atoms. The van der Waals surface area contributed by atoms with Crippen LogP contribution >= 0.6 is 0 Å². The summed E-state index contributed by atoms with van der Waals surface area (Å²) in [6, 6.07) is 1.15. The molecule has 8 heteroatoms. The third kappa shape index (κ3) is 3.20. The number of aryl methyl sites for hydroxylation is 1. The average Bonchev–Trinajstić information content (AvgIpc) is 2.92. The van der Waals surface area contributed by atoms with Crippen LogP contribution in [-0.4, -0.2) is 33.6 Å². The van der Waals surface area contributed by atoms with Gasteiger partial charge in [0.15, 0.2) is 5.76 Å². The van der Waals surface area contributed by atoms with Crippen LogP contribution in [-0.2, 0) is 14.8 Å². The van der Waals surface area contributed by atoms with Gasteiger partial charge >= 0.3 is 0 Å². The molecule has 0 radical (unpaired) electrons. The number of hydrogen-bond acceptors (Lipinski definition) is 5. The van der Waals surface area contributed by atoms with Gasteiger partial charge in [0, 0.05) is 25.1 Å². The van der Waals surface area contributed by atoms with Gasteiger partial charge in [-0.2, -0.15) is 0 Å². The van der Waals surface area contributed by atoms with Gasteiger partial charge in [0.25, 0.3) is 5.91 Å².